The fourth-order valence-corrected chi connectivity index (χ4v) is 2.19. The highest BCUT2D eigenvalue weighted by Crippen LogP contribution is 2.12. The molecule has 1 aromatic carbocycles. The van der Waals surface area contributed by atoms with Crippen molar-refractivity contribution in [2.24, 2.45) is 0 Å². The van der Waals surface area contributed by atoms with Gasteiger partial charge in [-0.15, -0.1) is 0 Å². The van der Waals surface area contributed by atoms with E-state index in [4.69, 9.17) is 5.73 Å². The third-order valence-corrected chi connectivity index (χ3v) is 3.47. The Morgan fingerprint density at radius 3 is 2.83 bits per heavy atom. The number of nitrogens with one attached hydrogen (secondary N) is 1. The molecule has 0 spiro atoms. The first-order valence-electron chi connectivity index (χ1n) is 6.33. The number of rotatable bonds is 8. The van der Waals surface area contributed by atoms with Crippen molar-refractivity contribution in [1.82, 2.24) is 5.32 Å². The Labute approximate surface area is 114 Å². The Morgan fingerprint density at radius 2 is 2.11 bits per heavy atom. The smallest absolute Gasteiger partial charge is 0.220 e. The summed E-state index contributed by atoms with van der Waals surface area (Å²) >= 11 is 1.84. The van der Waals surface area contributed by atoms with Crippen molar-refractivity contribution in [3.63, 3.8) is 0 Å². The van der Waals surface area contributed by atoms with Gasteiger partial charge >= 0.3 is 0 Å². The number of amides is 1. The van der Waals surface area contributed by atoms with E-state index in [1.807, 2.05) is 36.0 Å². The van der Waals surface area contributed by atoms with E-state index in [0.717, 1.165) is 36.4 Å². The number of carbonyl (C=O) groups is 1. The standard InChI is InChI=1S/C14H22N2OS/c1-18-11-5-4-10-16-14(17)9-8-12-6-2-3-7-13(12)15/h2-3,6-7H,4-5,8-11,15H2,1H3,(H,16,17). The second-order valence-corrected chi connectivity index (χ2v) is 5.23. The molecule has 1 aromatic rings. The van der Waals surface area contributed by atoms with Gasteiger partial charge in [-0.05, 0) is 42.9 Å². The summed E-state index contributed by atoms with van der Waals surface area (Å²) < 4.78 is 0. The van der Waals surface area contributed by atoms with Gasteiger partial charge in [-0.25, -0.2) is 0 Å². The topological polar surface area (TPSA) is 55.1 Å². The lowest BCUT2D eigenvalue weighted by atomic mass is 10.1. The van der Waals surface area contributed by atoms with Gasteiger partial charge < -0.3 is 11.1 Å². The van der Waals surface area contributed by atoms with E-state index in [-0.39, 0.29) is 5.91 Å². The highest BCUT2D eigenvalue weighted by molar-refractivity contribution is 7.98. The third-order valence-electron chi connectivity index (χ3n) is 2.77. The van der Waals surface area contributed by atoms with E-state index in [0.29, 0.717) is 12.8 Å². The molecule has 0 unspecified atom stereocenters. The molecule has 0 atom stereocenters. The molecule has 0 aliphatic rings. The van der Waals surface area contributed by atoms with Crippen LogP contribution in [0.2, 0.25) is 0 Å². The van der Waals surface area contributed by atoms with Crippen LogP contribution in [-0.4, -0.2) is 24.5 Å². The number of para-hydroxylation sites is 1. The van der Waals surface area contributed by atoms with Gasteiger partial charge in [-0.3, -0.25) is 4.79 Å². The van der Waals surface area contributed by atoms with E-state index >= 15 is 0 Å². The Kier molecular flexibility index (Phi) is 7.34. The van der Waals surface area contributed by atoms with Crippen molar-refractivity contribution in [2.45, 2.75) is 25.7 Å². The molecule has 0 saturated carbocycles. The van der Waals surface area contributed by atoms with Crippen molar-refractivity contribution in [2.75, 3.05) is 24.3 Å². The first-order chi connectivity index (χ1) is 8.74. The number of benzene rings is 1. The number of unbranched alkanes of at least 4 members (excludes halogenated alkanes) is 1. The molecule has 0 fully saturated rings. The molecule has 3 N–H and O–H groups in total. The number of anilines is 1. The lowest BCUT2D eigenvalue weighted by molar-refractivity contribution is -0.121. The van der Waals surface area contributed by atoms with Gasteiger partial charge in [0.25, 0.3) is 0 Å². The van der Waals surface area contributed by atoms with Crippen molar-refractivity contribution >= 4 is 23.4 Å². The Bertz CT molecular complexity index is 369. The minimum atomic E-state index is 0.113. The van der Waals surface area contributed by atoms with Crippen molar-refractivity contribution < 1.29 is 4.79 Å². The minimum absolute atomic E-state index is 0.113. The van der Waals surface area contributed by atoms with E-state index < -0.39 is 0 Å². The molecule has 4 heteroatoms. The van der Waals surface area contributed by atoms with Gasteiger partial charge in [0.15, 0.2) is 0 Å². The summed E-state index contributed by atoms with van der Waals surface area (Å²) in [4.78, 5) is 11.6. The van der Waals surface area contributed by atoms with Crippen LogP contribution in [0.3, 0.4) is 0 Å². The predicted molar refractivity (Wildman–Crippen MR) is 79.8 cm³/mol. The van der Waals surface area contributed by atoms with Crippen LogP contribution in [0.15, 0.2) is 24.3 Å². The van der Waals surface area contributed by atoms with E-state index in [2.05, 4.69) is 11.6 Å². The van der Waals surface area contributed by atoms with Crippen LogP contribution in [0.25, 0.3) is 0 Å². The molecule has 0 heterocycles. The van der Waals surface area contributed by atoms with Crippen LogP contribution in [-0.2, 0) is 11.2 Å². The number of nitrogen functional groups attached to an aromatic ring is 1. The normalized spacial score (nSPS) is 10.3. The molecule has 0 radical (unpaired) electrons. The van der Waals surface area contributed by atoms with Gasteiger partial charge in [-0.1, -0.05) is 18.2 Å². The molecule has 100 valence electrons. The van der Waals surface area contributed by atoms with E-state index in [1.54, 1.807) is 0 Å². The summed E-state index contributed by atoms with van der Waals surface area (Å²) in [6, 6.07) is 7.70. The number of aryl methyl sites for hydroxylation is 1. The Morgan fingerprint density at radius 1 is 1.33 bits per heavy atom. The van der Waals surface area contributed by atoms with Crippen LogP contribution in [0.4, 0.5) is 5.69 Å². The number of carbonyl (C=O) groups excluding carboxylic acids is 1. The largest absolute Gasteiger partial charge is 0.399 e. The summed E-state index contributed by atoms with van der Waals surface area (Å²) in [5, 5.41) is 2.94. The molecule has 3 nitrogen and oxygen atoms in total. The molecule has 0 saturated heterocycles. The van der Waals surface area contributed by atoms with Crippen molar-refractivity contribution in [3.8, 4) is 0 Å². The van der Waals surface area contributed by atoms with Gasteiger partial charge in [0.2, 0.25) is 5.91 Å². The molecule has 1 amide bonds. The molecule has 0 aliphatic carbocycles. The molecule has 1 rings (SSSR count). The average molecular weight is 266 g/mol. The second kappa shape index (κ2) is 8.86. The monoisotopic (exact) mass is 266 g/mol. The number of nitrogens with two attached hydrogens (primary N) is 1. The predicted octanol–water partition coefficient (Wildman–Crippen LogP) is 2.46. The average Bonchev–Trinajstić information content (AvgIpc) is 2.37. The number of hydrogen-bond acceptors (Lipinski definition) is 3. The van der Waals surface area contributed by atoms with Crippen LogP contribution < -0.4 is 11.1 Å². The van der Waals surface area contributed by atoms with Gasteiger partial charge in [0.05, 0.1) is 0 Å². The molecule has 0 aromatic heterocycles. The van der Waals surface area contributed by atoms with E-state index in [1.165, 1.54) is 0 Å². The highest BCUT2D eigenvalue weighted by Gasteiger charge is 2.03. The lowest BCUT2D eigenvalue weighted by Crippen LogP contribution is -2.24. The quantitative estimate of drug-likeness (QED) is 0.561. The fraction of sp³-hybridized carbons (Fsp3) is 0.500. The summed E-state index contributed by atoms with van der Waals surface area (Å²) in [6.07, 6.45) is 5.54. The summed E-state index contributed by atoms with van der Waals surface area (Å²) in [5.41, 5.74) is 7.65. The van der Waals surface area contributed by atoms with Crippen molar-refractivity contribution in [1.29, 1.82) is 0 Å². The summed E-state index contributed by atoms with van der Waals surface area (Å²) in [7, 11) is 0. The van der Waals surface area contributed by atoms with Crippen LogP contribution >= 0.6 is 11.8 Å². The minimum Gasteiger partial charge on any atom is -0.399 e. The number of thioether (sulfide) groups is 1. The van der Waals surface area contributed by atoms with Crippen molar-refractivity contribution in [3.05, 3.63) is 29.8 Å². The van der Waals surface area contributed by atoms with Crippen LogP contribution in [0, 0.1) is 0 Å². The second-order valence-electron chi connectivity index (χ2n) is 4.25. The first kappa shape index (κ1) is 14.9. The fourth-order valence-electron chi connectivity index (χ4n) is 1.70. The summed E-state index contributed by atoms with van der Waals surface area (Å²) in [6.45, 7) is 0.781. The zero-order chi connectivity index (χ0) is 13.2. The maximum atomic E-state index is 11.6. The van der Waals surface area contributed by atoms with Crippen LogP contribution in [0.5, 0.6) is 0 Å². The molecule has 0 aliphatic heterocycles. The third kappa shape index (κ3) is 5.96. The highest BCUT2D eigenvalue weighted by atomic mass is 32.2. The number of hydrogen-bond donors (Lipinski definition) is 2. The Hall–Kier alpha value is -1.16. The molecular formula is C14H22N2OS. The van der Waals surface area contributed by atoms with Gasteiger partial charge in [-0.2, -0.15) is 11.8 Å². The first-order valence-corrected chi connectivity index (χ1v) is 7.72. The lowest BCUT2D eigenvalue weighted by Gasteiger charge is -2.06. The molecule has 0 bridgehead atoms. The maximum absolute atomic E-state index is 11.6. The van der Waals surface area contributed by atoms with Crippen LogP contribution in [0.1, 0.15) is 24.8 Å². The van der Waals surface area contributed by atoms with Gasteiger partial charge in [0, 0.05) is 18.7 Å². The maximum Gasteiger partial charge on any atom is 0.220 e. The Balaban J connectivity index is 2.15. The van der Waals surface area contributed by atoms with Gasteiger partial charge in [0.1, 0.15) is 0 Å². The summed E-state index contributed by atoms with van der Waals surface area (Å²) in [5.74, 6) is 1.28. The molecule has 18 heavy (non-hydrogen) atoms. The van der Waals surface area contributed by atoms with E-state index in [9.17, 15) is 4.79 Å². The molecular weight excluding hydrogens is 244 g/mol. The zero-order valence-electron chi connectivity index (χ0n) is 10.9. The SMILES string of the molecule is CSCCCCNC(=O)CCc1ccccc1N. The zero-order valence-corrected chi connectivity index (χ0v) is 11.8.